The maximum absolute atomic E-state index is 12.0. The van der Waals surface area contributed by atoms with E-state index >= 15 is 0 Å². The van der Waals surface area contributed by atoms with Crippen molar-refractivity contribution in [3.63, 3.8) is 0 Å². The van der Waals surface area contributed by atoms with Crippen LogP contribution >= 0.6 is 12.2 Å². The molecule has 0 aliphatic heterocycles. The monoisotopic (exact) mass is 248 g/mol. The molecule has 2 rings (SSSR count). The Morgan fingerprint density at radius 2 is 2.00 bits per heavy atom. The summed E-state index contributed by atoms with van der Waals surface area (Å²) in [7, 11) is 0. The molecule has 0 aromatic heterocycles. The highest BCUT2D eigenvalue weighted by Crippen LogP contribution is 2.32. The first-order valence-corrected chi connectivity index (χ1v) is 6.15. The summed E-state index contributed by atoms with van der Waals surface area (Å²) in [4.78, 5) is 12.4. The molecule has 90 valence electrons. The number of rotatable bonds is 4. The summed E-state index contributed by atoms with van der Waals surface area (Å²) in [6.45, 7) is 1.99. The molecule has 1 aromatic rings. The van der Waals surface area contributed by atoms with E-state index in [2.05, 4.69) is 5.32 Å². The zero-order valence-corrected chi connectivity index (χ0v) is 10.6. The van der Waals surface area contributed by atoms with Crippen LogP contribution in [0, 0.1) is 12.8 Å². The molecule has 3 N–H and O–H groups in total. The van der Waals surface area contributed by atoms with Crippen molar-refractivity contribution in [3.05, 3.63) is 35.4 Å². The van der Waals surface area contributed by atoms with Gasteiger partial charge in [-0.25, -0.2) is 0 Å². The fourth-order valence-corrected chi connectivity index (χ4v) is 2.03. The van der Waals surface area contributed by atoms with Crippen LogP contribution in [0.15, 0.2) is 24.3 Å². The highest BCUT2D eigenvalue weighted by atomic mass is 32.1. The minimum atomic E-state index is -0.154. The number of thiocarbonyl (C=S) groups is 1. The number of nitrogens with one attached hydrogen (secondary N) is 1. The third-order valence-electron chi connectivity index (χ3n) is 3.00. The summed E-state index contributed by atoms with van der Waals surface area (Å²) in [5.74, 6) is 0.330. The number of carbonyl (C=O) groups excluding carboxylic acids is 1. The molecule has 1 amide bonds. The first-order chi connectivity index (χ1) is 8.08. The normalized spacial score (nSPS) is 16.3. The number of hydrogen-bond acceptors (Lipinski definition) is 2. The Kier molecular flexibility index (Phi) is 3.43. The standard InChI is InChI=1S/C13H16N2OS/c1-8-2-4-10(5-3-8)13(16)15-11(12(14)17)9-6-7-9/h2-5,9,11H,6-7H2,1H3,(H2,14,17)(H,15,16). The van der Waals surface area contributed by atoms with E-state index in [-0.39, 0.29) is 11.9 Å². The van der Waals surface area contributed by atoms with Gasteiger partial charge in [0.2, 0.25) is 0 Å². The van der Waals surface area contributed by atoms with E-state index in [1.165, 1.54) is 0 Å². The first-order valence-electron chi connectivity index (χ1n) is 5.75. The van der Waals surface area contributed by atoms with E-state index in [1.54, 1.807) is 0 Å². The minimum absolute atomic E-state index is 0.102. The first kappa shape index (κ1) is 12.0. The number of amides is 1. The summed E-state index contributed by atoms with van der Waals surface area (Å²) in [5, 5.41) is 2.91. The van der Waals surface area contributed by atoms with Gasteiger partial charge in [0.05, 0.1) is 11.0 Å². The number of hydrogen-bond donors (Lipinski definition) is 2. The molecule has 1 unspecified atom stereocenters. The average molecular weight is 248 g/mol. The molecular weight excluding hydrogens is 232 g/mol. The molecule has 17 heavy (non-hydrogen) atoms. The molecule has 1 fully saturated rings. The second-order valence-electron chi connectivity index (χ2n) is 4.56. The average Bonchev–Trinajstić information content (AvgIpc) is 3.10. The molecule has 1 aromatic carbocycles. The number of carbonyl (C=O) groups is 1. The predicted octanol–water partition coefficient (Wildman–Crippen LogP) is 1.79. The van der Waals surface area contributed by atoms with Crippen LogP contribution in [-0.4, -0.2) is 16.9 Å². The van der Waals surface area contributed by atoms with Crippen LogP contribution in [0.1, 0.15) is 28.8 Å². The van der Waals surface area contributed by atoms with Gasteiger partial charge in [-0.2, -0.15) is 0 Å². The van der Waals surface area contributed by atoms with Crippen molar-refractivity contribution < 1.29 is 4.79 Å². The van der Waals surface area contributed by atoms with Gasteiger partial charge in [0.15, 0.2) is 0 Å². The predicted molar refractivity (Wildman–Crippen MR) is 71.9 cm³/mol. The topological polar surface area (TPSA) is 55.1 Å². The van der Waals surface area contributed by atoms with Gasteiger partial charge in [0, 0.05) is 5.56 Å². The molecule has 0 radical (unpaired) electrons. The Bertz CT molecular complexity index is 437. The summed E-state index contributed by atoms with van der Waals surface area (Å²) < 4.78 is 0. The van der Waals surface area contributed by atoms with E-state index in [0.717, 1.165) is 18.4 Å². The van der Waals surface area contributed by atoms with Crippen molar-refractivity contribution in [3.8, 4) is 0 Å². The molecular formula is C13H16N2OS. The Balaban J connectivity index is 2.04. The number of benzene rings is 1. The molecule has 0 heterocycles. The third kappa shape index (κ3) is 3.03. The van der Waals surface area contributed by atoms with Gasteiger partial charge in [-0.3, -0.25) is 4.79 Å². The van der Waals surface area contributed by atoms with Crippen LogP contribution in [0.4, 0.5) is 0 Å². The van der Waals surface area contributed by atoms with Crippen molar-refractivity contribution >= 4 is 23.1 Å². The Morgan fingerprint density at radius 3 is 2.47 bits per heavy atom. The van der Waals surface area contributed by atoms with E-state index in [9.17, 15) is 4.79 Å². The molecule has 1 saturated carbocycles. The Hall–Kier alpha value is -1.42. The van der Waals surface area contributed by atoms with Crippen LogP contribution in [0.5, 0.6) is 0 Å². The summed E-state index contributed by atoms with van der Waals surface area (Å²) in [6, 6.07) is 7.31. The van der Waals surface area contributed by atoms with E-state index in [0.29, 0.717) is 16.5 Å². The van der Waals surface area contributed by atoms with Gasteiger partial charge in [-0.15, -0.1) is 0 Å². The summed E-state index contributed by atoms with van der Waals surface area (Å²) >= 11 is 4.99. The number of aryl methyl sites for hydroxylation is 1. The lowest BCUT2D eigenvalue weighted by Gasteiger charge is -2.16. The van der Waals surface area contributed by atoms with Crippen molar-refractivity contribution in [2.75, 3.05) is 0 Å². The Labute approximate surface area is 106 Å². The molecule has 3 nitrogen and oxygen atoms in total. The van der Waals surface area contributed by atoms with Gasteiger partial charge >= 0.3 is 0 Å². The van der Waals surface area contributed by atoms with Gasteiger partial charge in [0.25, 0.3) is 5.91 Å². The van der Waals surface area contributed by atoms with Crippen LogP contribution in [0.2, 0.25) is 0 Å². The lowest BCUT2D eigenvalue weighted by atomic mass is 10.1. The van der Waals surface area contributed by atoms with Crippen molar-refractivity contribution in [1.82, 2.24) is 5.32 Å². The van der Waals surface area contributed by atoms with Gasteiger partial charge < -0.3 is 11.1 Å². The zero-order chi connectivity index (χ0) is 12.4. The highest BCUT2D eigenvalue weighted by molar-refractivity contribution is 7.80. The van der Waals surface area contributed by atoms with Gasteiger partial charge in [-0.1, -0.05) is 29.9 Å². The molecule has 0 bridgehead atoms. The maximum atomic E-state index is 12.0. The Morgan fingerprint density at radius 1 is 1.41 bits per heavy atom. The second-order valence-corrected chi connectivity index (χ2v) is 5.03. The summed E-state index contributed by atoms with van der Waals surface area (Å²) in [6.07, 6.45) is 2.19. The fraction of sp³-hybridized carbons (Fsp3) is 0.385. The van der Waals surface area contributed by atoms with Crippen LogP contribution in [0.3, 0.4) is 0 Å². The quantitative estimate of drug-likeness (QED) is 0.799. The molecule has 1 aliphatic rings. The van der Waals surface area contributed by atoms with Gasteiger partial charge in [0.1, 0.15) is 0 Å². The molecule has 0 saturated heterocycles. The molecule has 0 spiro atoms. The van der Waals surface area contributed by atoms with Gasteiger partial charge in [-0.05, 0) is 37.8 Å². The lowest BCUT2D eigenvalue weighted by molar-refractivity contribution is 0.0944. The largest absolute Gasteiger partial charge is 0.392 e. The van der Waals surface area contributed by atoms with E-state index in [4.69, 9.17) is 18.0 Å². The lowest BCUT2D eigenvalue weighted by Crippen LogP contribution is -2.45. The van der Waals surface area contributed by atoms with Crippen molar-refractivity contribution in [2.24, 2.45) is 11.7 Å². The van der Waals surface area contributed by atoms with Crippen LogP contribution < -0.4 is 11.1 Å². The smallest absolute Gasteiger partial charge is 0.251 e. The SMILES string of the molecule is Cc1ccc(C(=O)NC(C(N)=S)C2CC2)cc1. The van der Waals surface area contributed by atoms with Crippen molar-refractivity contribution in [1.29, 1.82) is 0 Å². The number of nitrogens with two attached hydrogens (primary N) is 1. The fourth-order valence-electron chi connectivity index (χ4n) is 1.78. The van der Waals surface area contributed by atoms with Crippen molar-refractivity contribution in [2.45, 2.75) is 25.8 Å². The van der Waals surface area contributed by atoms with E-state index < -0.39 is 0 Å². The zero-order valence-electron chi connectivity index (χ0n) is 9.77. The van der Waals surface area contributed by atoms with Crippen LogP contribution in [-0.2, 0) is 0 Å². The molecule has 1 aliphatic carbocycles. The second kappa shape index (κ2) is 4.84. The van der Waals surface area contributed by atoms with E-state index in [1.807, 2.05) is 31.2 Å². The third-order valence-corrected chi connectivity index (χ3v) is 3.25. The molecule has 1 atom stereocenters. The van der Waals surface area contributed by atoms with Crippen LogP contribution in [0.25, 0.3) is 0 Å². The maximum Gasteiger partial charge on any atom is 0.251 e. The highest BCUT2D eigenvalue weighted by Gasteiger charge is 2.34. The summed E-state index contributed by atoms with van der Waals surface area (Å²) in [5.41, 5.74) is 7.43. The molecule has 4 heteroatoms. The minimum Gasteiger partial charge on any atom is -0.392 e.